The Morgan fingerprint density at radius 2 is 2.38 bits per heavy atom. The predicted molar refractivity (Wildman–Crippen MR) is 74.6 cm³/mol. The number of rotatable bonds is 4. The number of guanidine groups is 1. The molecule has 6 nitrogen and oxygen atoms in total. The molecule has 3 N–H and O–H groups in total. The fraction of sp³-hybridized carbons (Fsp3) is 0.444. The van der Waals surface area contributed by atoms with Gasteiger partial charge in [-0.3, -0.25) is 4.68 Å². The third kappa shape index (κ3) is 5.69. The van der Waals surface area contributed by atoms with E-state index in [9.17, 15) is 0 Å². The van der Waals surface area contributed by atoms with Crippen molar-refractivity contribution >= 4 is 29.9 Å². The molecule has 0 radical (unpaired) electrons. The summed E-state index contributed by atoms with van der Waals surface area (Å²) in [6.45, 7) is 6.68. The number of hydrogen-bond acceptors (Lipinski definition) is 3. The number of nitrogens with two attached hydrogens (primary N) is 1. The maximum atomic E-state index is 5.61. The second kappa shape index (κ2) is 7.20. The maximum absolute atomic E-state index is 5.61. The third-order valence-electron chi connectivity index (χ3n) is 1.61. The van der Waals surface area contributed by atoms with Gasteiger partial charge >= 0.3 is 0 Å². The number of hydrogen-bond donors (Lipinski definition) is 2. The zero-order valence-corrected chi connectivity index (χ0v) is 11.8. The lowest BCUT2D eigenvalue weighted by Gasteiger charge is -2.03. The van der Waals surface area contributed by atoms with Gasteiger partial charge in [-0.2, -0.15) is 5.10 Å². The summed E-state index contributed by atoms with van der Waals surface area (Å²) in [7, 11) is 1.81. The SMILES string of the molecule is C=C(C)CNC(N)=NCc1ncn(C)n1.I. The summed E-state index contributed by atoms with van der Waals surface area (Å²) in [5.41, 5.74) is 6.62. The molecule has 0 saturated carbocycles. The van der Waals surface area contributed by atoms with E-state index in [1.54, 1.807) is 11.0 Å². The molecule has 0 aliphatic heterocycles. The van der Waals surface area contributed by atoms with Crippen molar-refractivity contribution in [2.45, 2.75) is 13.5 Å². The first-order valence-corrected chi connectivity index (χ1v) is 4.60. The molecule has 1 aromatic heterocycles. The number of aliphatic imine (C=N–C) groups is 1. The average molecular weight is 336 g/mol. The molecule has 0 aromatic carbocycles. The molecule has 0 fully saturated rings. The van der Waals surface area contributed by atoms with Crippen LogP contribution in [0.25, 0.3) is 0 Å². The smallest absolute Gasteiger partial charge is 0.189 e. The Morgan fingerprint density at radius 1 is 1.69 bits per heavy atom. The third-order valence-corrected chi connectivity index (χ3v) is 1.61. The van der Waals surface area contributed by atoms with Crippen molar-refractivity contribution in [2.75, 3.05) is 6.54 Å². The van der Waals surface area contributed by atoms with Crippen LogP contribution in [0.2, 0.25) is 0 Å². The fourth-order valence-corrected chi connectivity index (χ4v) is 0.910. The monoisotopic (exact) mass is 336 g/mol. The summed E-state index contributed by atoms with van der Waals surface area (Å²) in [6.07, 6.45) is 1.63. The molecule has 0 bridgehead atoms. The van der Waals surface area contributed by atoms with Crippen LogP contribution in [-0.4, -0.2) is 27.3 Å². The molecule has 0 spiro atoms. The van der Waals surface area contributed by atoms with Crippen molar-refractivity contribution < 1.29 is 0 Å². The van der Waals surface area contributed by atoms with E-state index in [1.807, 2.05) is 14.0 Å². The zero-order chi connectivity index (χ0) is 11.3. The van der Waals surface area contributed by atoms with Crippen LogP contribution < -0.4 is 11.1 Å². The summed E-state index contributed by atoms with van der Waals surface area (Å²) < 4.78 is 1.63. The summed E-state index contributed by atoms with van der Waals surface area (Å²) in [6, 6.07) is 0. The summed E-state index contributed by atoms with van der Waals surface area (Å²) in [5.74, 6) is 1.03. The molecule has 0 amide bonds. The molecular weight excluding hydrogens is 319 g/mol. The molecule has 0 unspecified atom stereocenters. The first kappa shape index (κ1) is 14.9. The van der Waals surface area contributed by atoms with Gasteiger partial charge in [0, 0.05) is 13.6 Å². The second-order valence-electron chi connectivity index (χ2n) is 3.35. The number of halogens is 1. The number of nitrogens with one attached hydrogen (secondary N) is 1. The highest BCUT2D eigenvalue weighted by Crippen LogP contribution is 1.90. The molecule has 7 heteroatoms. The Kier molecular flexibility index (Phi) is 6.70. The Bertz CT molecular complexity index is 370. The van der Waals surface area contributed by atoms with Crippen molar-refractivity contribution in [2.24, 2.45) is 17.8 Å². The van der Waals surface area contributed by atoms with Gasteiger partial charge in [0.25, 0.3) is 0 Å². The molecular formula is C9H17IN6. The number of nitrogens with zero attached hydrogens (tertiary/aromatic N) is 4. The molecule has 1 rings (SSSR count). The van der Waals surface area contributed by atoms with E-state index >= 15 is 0 Å². The van der Waals surface area contributed by atoms with Crippen molar-refractivity contribution in [3.05, 3.63) is 24.3 Å². The molecule has 0 aliphatic rings. The van der Waals surface area contributed by atoms with Gasteiger partial charge in [-0.05, 0) is 6.92 Å². The van der Waals surface area contributed by atoms with Crippen molar-refractivity contribution in [3.63, 3.8) is 0 Å². The van der Waals surface area contributed by atoms with Crippen LogP contribution >= 0.6 is 24.0 Å². The van der Waals surface area contributed by atoms with E-state index in [-0.39, 0.29) is 24.0 Å². The lowest BCUT2D eigenvalue weighted by atomic mass is 10.3. The summed E-state index contributed by atoms with van der Waals surface area (Å²) in [5, 5.41) is 7.00. The first-order chi connectivity index (χ1) is 7.08. The van der Waals surface area contributed by atoms with E-state index in [0.717, 1.165) is 5.57 Å². The molecule has 1 aromatic rings. The van der Waals surface area contributed by atoms with Crippen molar-refractivity contribution in [3.8, 4) is 0 Å². The number of aryl methyl sites for hydroxylation is 1. The Morgan fingerprint density at radius 3 is 2.88 bits per heavy atom. The van der Waals surface area contributed by atoms with Gasteiger partial charge in [-0.1, -0.05) is 12.2 Å². The Hall–Kier alpha value is -1.12. The van der Waals surface area contributed by atoms with E-state index in [4.69, 9.17) is 5.73 Å². The fourth-order valence-electron chi connectivity index (χ4n) is 0.910. The molecule has 16 heavy (non-hydrogen) atoms. The van der Waals surface area contributed by atoms with Crippen LogP contribution in [0.4, 0.5) is 0 Å². The van der Waals surface area contributed by atoms with Crippen LogP contribution in [0.1, 0.15) is 12.7 Å². The van der Waals surface area contributed by atoms with Gasteiger partial charge in [0.15, 0.2) is 11.8 Å². The van der Waals surface area contributed by atoms with Gasteiger partial charge in [0.05, 0.1) is 0 Å². The van der Waals surface area contributed by atoms with Crippen LogP contribution in [0.15, 0.2) is 23.5 Å². The van der Waals surface area contributed by atoms with Gasteiger partial charge in [0.2, 0.25) is 0 Å². The maximum Gasteiger partial charge on any atom is 0.189 e. The van der Waals surface area contributed by atoms with Crippen LogP contribution in [0.3, 0.4) is 0 Å². The molecule has 90 valence electrons. The van der Waals surface area contributed by atoms with Crippen LogP contribution in [-0.2, 0) is 13.6 Å². The summed E-state index contributed by atoms with van der Waals surface area (Å²) >= 11 is 0. The molecule has 1 heterocycles. The molecule has 0 saturated heterocycles. The van der Waals surface area contributed by atoms with Gasteiger partial charge in [-0.15, -0.1) is 24.0 Å². The highest BCUT2D eigenvalue weighted by atomic mass is 127. The largest absolute Gasteiger partial charge is 0.370 e. The topological polar surface area (TPSA) is 81.1 Å². The first-order valence-electron chi connectivity index (χ1n) is 4.60. The van der Waals surface area contributed by atoms with Crippen molar-refractivity contribution in [1.82, 2.24) is 20.1 Å². The predicted octanol–water partition coefficient (Wildman–Crippen LogP) is 0.413. The average Bonchev–Trinajstić information content (AvgIpc) is 2.58. The van der Waals surface area contributed by atoms with E-state index in [2.05, 4.69) is 27.0 Å². The van der Waals surface area contributed by atoms with E-state index in [0.29, 0.717) is 24.9 Å². The second-order valence-corrected chi connectivity index (χ2v) is 3.35. The lowest BCUT2D eigenvalue weighted by molar-refractivity contribution is 0.741. The minimum Gasteiger partial charge on any atom is -0.370 e. The van der Waals surface area contributed by atoms with Crippen LogP contribution in [0.5, 0.6) is 0 Å². The zero-order valence-electron chi connectivity index (χ0n) is 9.47. The minimum absolute atomic E-state index is 0. The van der Waals surface area contributed by atoms with Gasteiger partial charge in [-0.25, -0.2) is 9.98 Å². The summed E-state index contributed by atoms with van der Waals surface area (Å²) in [4.78, 5) is 8.11. The van der Waals surface area contributed by atoms with Gasteiger partial charge < -0.3 is 11.1 Å². The van der Waals surface area contributed by atoms with Crippen LogP contribution in [0, 0.1) is 0 Å². The normalized spacial score (nSPS) is 10.8. The van der Waals surface area contributed by atoms with E-state index in [1.165, 1.54) is 0 Å². The lowest BCUT2D eigenvalue weighted by Crippen LogP contribution is -2.32. The Labute approximate surface area is 112 Å². The molecule has 0 aliphatic carbocycles. The Balaban J connectivity index is 0.00000225. The number of aromatic nitrogens is 3. The highest BCUT2D eigenvalue weighted by molar-refractivity contribution is 14.0. The van der Waals surface area contributed by atoms with Gasteiger partial charge in [0.1, 0.15) is 12.9 Å². The standard InChI is InChI=1S/C9H16N6.HI/c1-7(2)4-11-9(10)12-5-8-13-6-15(3)14-8;/h6H,1,4-5H2,2-3H3,(H3,10,11,12);1H. The quantitative estimate of drug-likeness (QED) is 0.361. The molecule has 0 atom stereocenters. The highest BCUT2D eigenvalue weighted by Gasteiger charge is 1.97. The van der Waals surface area contributed by atoms with Crippen molar-refractivity contribution in [1.29, 1.82) is 0 Å². The van der Waals surface area contributed by atoms with E-state index < -0.39 is 0 Å². The minimum atomic E-state index is 0.